The van der Waals surface area contributed by atoms with E-state index >= 15 is 0 Å². The monoisotopic (exact) mass is 178 g/mol. The molecule has 3 rings (SSSR count). The molecule has 2 nitrogen and oxygen atoms in total. The lowest BCUT2D eigenvalue weighted by atomic mass is 9.77. The number of hydrogen-bond acceptors (Lipinski definition) is 2. The molecule has 0 spiro atoms. The van der Waals surface area contributed by atoms with Crippen molar-refractivity contribution in [3.8, 4) is 0 Å². The summed E-state index contributed by atoms with van der Waals surface area (Å²) in [5.74, 6) is 0.486. The van der Waals surface area contributed by atoms with E-state index in [-0.39, 0.29) is 23.2 Å². The van der Waals surface area contributed by atoms with E-state index in [4.69, 9.17) is 4.74 Å². The van der Waals surface area contributed by atoms with E-state index in [0.29, 0.717) is 0 Å². The lowest BCUT2D eigenvalue weighted by Gasteiger charge is -2.36. The molecule has 3 atom stereocenters. The van der Waals surface area contributed by atoms with Crippen LogP contribution < -0.4 is 0 Å². The van der Waals surface area contributed by atoms with Crippen LogP contribution in [0.1, 0.15) is 13.3 Å². The van der Waals surface area contributed by atoms with Crippen LogP contribution >= 0.6 is 0 Å². The van der Waals surface area contributed by atoms with Gasteiger partial charge in [0.05, 0.1) is 5.60 Å². The van der Waals surface area contributed by atoms with Gasteiger partial charge >= 0.3 is 0 Å². The van der Waals surface area contributed by atoms with E-state index in [1.807, 2.05) is 12.2 Å². The average molecular weight is 178 g/mol. The van der Waals surface area contributed by atoms with Gasteiger partial charge in [-0.2, -0.15) is 0 Å². The maximum absolute atomic E-state index is 11.5. The largest absolute Gasteiger partial charge is 0.378 e. The summed E-state index contributed by atoms with van der Waals surface area (Å²) in [6.45, 7) is 2.07. The fraction of sp³-hybridized carbons (Fsp3) is 0.545. The van der Waals surface area contributed by atoms with Crippen LogP contribution in [-0.2, 0) is 9.53 Å². The lowest BCUT2D eigenvalue weighted by molar-refractivity contribution is -0.119. The Kier molecular flexibility index (Phi) is 1.88. The van der Waals surface area contributed by atoms with Crippen LogP contribution in [0.5, 0.6) is 0 Å². The number of rotatable bonds is 1. The third-order valence-electron chi connectivity index (χ3n) is 3.18. The van der Waals surface area contributed by atoms with Crippen molar-refractivity contribution >= 4 is 5.78 Å². The number of ketones is 1. The van der Waals surface area contributed by atoms with Crippen LogP contribution in [0.3, 0.4) is 0 Å². The Morgan fingerprint density at radius 1 is 1.46 bits per heavy atom. The van der Waals surface area contributed by atoms with Gasteiger partial charge in [0, 0.05) is 18.9 Å². The number of hydrogen-bond donors (Lipinski definition) is 0. The van der Waals surface area contributed by atoms with E-state index in [9.17, 15) is 4.79 Å². The van der Waals surface area contributed by atoms with Gasteiger partial charge in [0.2, 0.25) is 0 Å². The van der Waals surface area contributed by atoms with E-state index < -0.39 is 0 Å². The minimum atomic E-state index is -0.192. The van der Waals surface area contributed by atoms with Crippen molar-refractivity contribution in [3.05, 3.63) is 24.3 Å². The number of carbonyl (C=O) groups is 1. The van der Waals surface area contributed by atoms with E-state index in [1.54, 1.807) is 13.2 Å². The lowest BCUT2D eigenvalue weighted by Crippen LogP contribution is -2.39. The zero-order chi connectivity index (χ0) is 9.47. The van der Waals surface area contributed by atoms with Crippen molar-refractivity contribution < 1.29 is 9.53 Å². The highest BCUT2D eigenvalue weighted by Crippen LogP contribution is 2.38. The summed E-state index contributed by atoms with van der Waals surface area (Å²) in [5.41, 5.74) is -0.192. The first kappa shape index (κ1) is 8.70. The molecule has 0 aliphatic heterocycles. The number of ether oxygens (including phenoxy) is 1. The Labute approximate surface area is 78.3 Å². The molecule has 0 radical (unpaired) electrons. The molecule has 0 amide bonds. The summed E-state index contributed by atoms with van der Waals surface area (Å²) in [7, 11) is 1.72. The summed E-state index contributed by atoms with van der Waals surface area (Å²) >= 11 is 0. The maximum Gasteiger partial charge on any atom is 0.162 e. The van der Waals surface area contributed by atoms with Crippen molar-refractivity contribution in [1.82, 2.24) is 0 Å². The fourth-order valence-corrected chi connectivity index (χ4v) is 2.10. The van der Waals surface area contributed by atoms with E-state index in [1.165, 1.54) is 0 Å². The van der Waals surface area contributed by atoms with Crippen molar-refractivity contribution in [3.63, 3.8) is 0 Å². The number of allylic oxidation sites excluding steroid dienone is 2. The normalized spacial score (nSPS) is 42.5. The molecular formula is C11H14O2. The summed E-state index contributed by atoms with van der Waals surface area (Å²) in [6.07, 6.45) is 8.54. The maximum atomic E-state index is 11.5. The first-order valence-corrected chi connectivity index (χ1v) is 4.61. The van der Waals surface area contributed by atoms with Crippen LogP contribution in [0, 0.1) is 11.8 Å². The minimum Gasteiger partial charge on any atom is -0.378 e. The zero-order valence-electron chi connectivity index (χ0n) is 7.99. The molecule has 0 heterocycles. The van der Waals surface area contributed by atoms with Gasteiger partial charge in [-0.3, -0.25) is 4.79 Å². The van der Waals surface area contributed by atoms with Crippen LogP contribution in [0.25, 0.3) is 0 Å². The Morgan fingerprint density at radius 3 is 2.92 bits per heavy atom. The predicted octanol–water partition coefficient (Wildman–Crippen LogP) is 1.72. The molecule has 0 saturated heterocycles. The molecule has 2 heteroatoms. The van der Waals surface area contributed by atoms with Gasteiger partial charge in [0.15, 0.2) is 5.78 Å². The average Bonchev–Trinajstić information content (AvgIpc) is 2.37. The second-order valence-electron chi connectivity index (χ2n) is 4.00. The molecular weight excluding hydrogens is 164 g/mol. The highest BCUT2D eigenvalue weighted by molar-refractivity contribution is 5.94. The Morgan fingerprint density at radius 2 is 2.23 bits per heavy atom. The molecule has 13 heavy (non-hydrogen) atoms. The van der Waals surface area contributed by atoms with E-state index in [2.05, 4.69) is 13.0 Å². The van der Waals surface area contributed by atoms with Crippen LogP contribution in [-0.4, -0.2) is 18.5 Å². The molecule has 0 aromatic rings. The number of fused-ring (bicyclic) bond motifs is 2. The van der Waals surface area contributed by atoms with Gasteiger partial charge in [-0.15, -0.1) is 0 Å². The fourth-order valence-electron chi connectivity index (χ4n) is 2.10. The molecule has 0 saturated carbocycles. The third kappa shape index (κ3) is 1.25. The van der Waals surface area contributed by atoms with E-state index in [0.717, 1.165) is 6.42 Å². The van der Waals surface area contributed by atoms with Crippen molar-refractivity contribution in [1.29, 1.82) is 0 Å². The second kappa shape index (κ2) is 2.81. The van der Waals surface area contributed by atoms with Gasteiger partial charge < -0.3 is 4.74 Å². The van der Waals surface area contributed by atoms with Crippen molar-refractivity contribution in [2.75, 3.05) is 7.11 Å². The second-order valence-corrected chi connectivity index (χ2v) is 4.00. The molecule has 0 fully saturated rings. The quantitative estimate of drug-likeness (QED) is 0.571. The summed E-state index contributed by atoms with van der Waals surface area (Å²) < 4.78 is 5.49. The molecule has 0 aromatic heterocycles. The van der Waals surface area contributed by atoms with Crippen LogP contribution in [0.2, 0.25) is 0 Å². The Balaban J connectivity index is 2.39. The minimum absolute atomic E-state index is 0.0277. The third-order valence-corrected chi connectivity index (χ3v) is 3.18. The molecule has 3 aliphatic rings. The summed E-state index contributed by atoms with van der Waals surface area (Å²) in [5, 5.41) is 0. The standard InChI is InChI=1S/C11H14O2/c1-11(13-2)7-8-3-4-9(11)5-6-10(8)12/h3-6,8-9H,7H2,1-2H3. The van der Waals surface area contributed by atoms with Gasteiger partial charge in [-0.1, -0.05) is 18.2 Å². The zero-order valence-corrected chi connectivity index (χ0v) is 7.99. The van der Waals surface area contributed by atoms with Crippen molar-refractivity contribution in [2.45, 2.75) is 18.9 Å². The SMILES string of the molecule is COC1(C)CC2C=CC1C=CC2=O. The molecule has 70 valence electrons. The van der Waals surface area contributed by atoms with Gasteiger partial charge in [-0.25, -0.2) is 0 Å². The molecule has 0 aromatic carbocycles. The smallest absolute Gasteiger partial charge is 0.162 e. The highest BCUT2D eigenvalue weighted by Gasteiger charge is 2.40. The predicted molar refractivity (Wildman–Crippen MR) is 50.3 cm³/mol. The Hall–Kier alpha value is -0.890. The molecule has 0 N–H and O–H groups in total. The van der Waals surface area contributed by atoms with Crippen molar-refractivity contribution in [2.24, 2.45) is 11.8 Å². The summed E-state index contributed by atoms with van der Waals surface area (Å²) in [6, 6.07) is 0. The number of carbonyl (C=O) groups excluding carboxylic acids is 1. The molecule has 2 bridgehead atoms. The topological polar surface area (TPSA) is 26.3 Å². The first-order valence-electron chi connectivity index (χ1n) is 4.61. The first-order chi connectivity index (χ1) is 6.15. The van der Waals surface area contributed by atoms with Crippen LogP contribution in [0.4, 0.5) is 0 Å². The molecule has 3 unspecified atom stereocenters. The highest BCUT2D eigenvalue weighted by atomic mass is 16.5. The summed E-state index contributed by atoms with van der Waals surface area (Å²) in [4.78, 5) is 11.5. The van der Waals surface area contributed by atoms with Gasteiger partial charge in [0.1, 0.15) is 0 Å². The van der Waals surface area contributed by atoms with Crippen LogP contribution in [0.15, 0.2) is 24.3 Å². The Bertz CT molecular complexity index is 290. The number of methoxy groups -OCH3 is 1. The van der Waals surface area contributed by atoms with Gasteiger partial charge in [0.25, 0.3) is 0 Å². The van der Waals surface area contributed by atoms with Gasteiger partial charge in [-0.05, 0) is 19.4 Å². The molecule has 3 aliphatic carbocycles.